The summed E-state index contributed by atoms with van der Waals surface area (Å²) in [5.41, 5.74) is 3.06. The molecule has 0 unspecified atom stereocenters. The average molecular weight is 460 g/mol. The minimum absolute atomic E-state index is 0.0431. The number of anilines is 1. The van der Waals surface area contributed by atoms with Crippen LogP contribution < -0.4 is 10.1 Å². The van der Waals surface area contributed by atoms with Crippen molar-refractivity contribution in [3.05, 3.63) is 69.7 Å². The van der Waals surface area contributed by atoms with Crippen molar-refractivity contribution >= 4 is 40.8 Å². The molecule has 0 saturated heterocycles. The zero-order chi connectivity index (χ0) is 22.7. The lowest BCUT2D eigenvalue weighted by Gasteiger charge is -2.16. The molecule has 31 heavy (non-hydrogen) atoms. The molecule has 0 spiro atoms. The quantitative estimate of drug-likeness (QED) is 0.382. The molecule has 0 heterocycles. The van der Waals surface area contributed by atoms with E-state index in [0.717, 1.165) is 11.1 Å². The Kier molecular flexibility index (Phi) is 6.73. The van der Waals surface area contributed by atoms with Gasteiger partial charge in [0.05, 0.1) is 5.02 Å². The number of phenols is 1. The van der Waals surface area contributed by atoms with Crippen LogP contribution in [0.2, 0.25) is 10.0 Å². The van der Waals surface area contributed by atoms with Gasteiger partial charge in [0.25, 0.3) is 0 Å². The Balaban J connectivity index is 1.89. The molecule has 0 fully saturated rings. The van der Waals surface area contributed by atoms with E-state index < -0.39 is 18.3 Å². The number of hydrogen-bond acceptors (Lipinski definition) is 4. The average Bonchev–Trinajstić information content (AvgIpc) is 2.65. The maximum atomic E-state index is 11.7. The number of amides is 1. The fourth-order valence-corrected chi connectivity index (χ4v) is 3.66. The number of halogens is 2. The molecule has 0 atom stereocenters. The molecule has 0 aliphatic rings. The molecule has 0 saturated carbocycles. The summed E-state index contributed by atoms with van der Waals surface area (Å²) in [6.07, 6.45) is -0.611. The molecule has 8 heteroatoms. The van der Waals surface area contributed by atoms with Gasteiger partial charge in [0.15, 0.2) is 0 Å². The Morgan fingerprint density at radius 1 is 0.968 bits per heavy atom. The molecule has 0 aromatic heterocycles. The predicted octanol–water partition coefficient (Wildman–Crippen LogP) is 6.19. The van der Waals surface area contributed by atoms with Crippen LogP contribution in [0.1, 0.15) is 17.5 Å². The van der Waals surface area contributed by atoms with Crippen molar-refractivity contribution in [2.45, 2.75) is 20.3 Å². The van der Waals surface area contributed by atoms with E-state index in [2.05, 4.69) is 5.32 Å². The Bertz CT molecular complexity index is 1150. The predicted molar refractivity (Wildman–Crippen MR) is 120 cm³/mol. The van der Waals surface area contributed by atoms with Crippen LogP contribution in [-0.4, -0.2) is 22.1 Å². The molecule has 3 N–H and O–H groups in total. The number of phenolic OH excluding ortho intramolecular Hbond substituents is 1. The van der Waals surface area contributed by atoms with E-state index in [9.17, 15) is 14.7 Å². The van der Waals surface area contributed by atoms with Crippen LogP contribution >= 0.6 is 23.2 Å². The SMILES string of the molecule is Cc1cc(NC(=O)CC(=O)O)cc(C)c1Oc1ccc(O)c(-c2ccc(Cl)cc2Cl)c1. The van der Waals surface area contributed by atoms with Crippen LogP contribution in [0, 0.1) is 13.8 Å². The fraction of sp³-hybridized carbons (Fsp3) is 0.130. The second kappa shape index (κ2) is 9.29. The highest BCUT2D eigenvalue weighted by atomic mass is 35.5. The van der Waals surface area contributed by atoms with Crippen molar-refractivity contribution in [1.29, 1.82) is 0 Å². The fourth-order valence-electron chi connectivity index (χ4n) is 3.15. The highest BCUT2D eigenvalue weighted by Gasteiger charge is 2.14. The van der Waals surface area contributed by atoms with Crippen molar-refractivity contribution in [3.8, 4) is 28.4 Å². The van der Waals surface area contributed by atoms with E-state index in [1.807, 2.05) is 13.8 Å². The monoisotopic (exact) mass is 459 g/mol. The van der Waals surface area contributed by atoms with Gasteiger partial charge in [0, 0.05) is 21.8 Å². The number of ether oxygens (including phenoxy) is 1. The lowest BCUT2D eigenvalue weighted by Crippen LogP contribution is -2.16. The molecule has 0 aliphatic heterocycles. The summed E-state index contributed by atoms with van der Waals surface area (Å²) in [4.78, 5) is 22.4. The lowest BCUT2D eigenvalue weighted by atomic mass is 10.0. The molecule has 0 bridgehead atoms. The summed E-state index contributed by atoms with van der Waals surface area (Å²) in [7, 11) is 0. The van der Waals surface area contributed by atoms with E-state index in [1.54, 1.807) is 42.5 Å². The third-order valence-corrected chi connectivity index (χ3v) is 5.01. The summed E-state index contributed by atoms with van der Waals surface area (Å²) in [6, 6.07) is 13.2. The maximum Gasteiger partial charge on any atom is 0.312 e. The molecule has 1 amide bonds. The second-order valence-corrected chi connectivity index (χ2v) is 7.81. The number of carbonyl (C=O) groups is 2. The van der Waals surface area contributed by atoms with Crippen molar-refractivity contribution in [2.24, 2.45) is 0 Å². The molecule has 3 aromatic carbocycles. The van der Waals surface area contributed by atoms with Crippen LogP contribution in [0.4, 0.5) is 5.69 Å². The van der Waals surface area contributed by atoms with Gasteiger partial charge < -0.3 is 20.3 Å². The van der Waals surface area contributed by atoms with E-state index in [-0.39, 0.29) is 5.75 Å². The summed E-state index contributed by atoms with van der Waals surface area (Å²) in [6.45, 7) is 3.62. The zero-order valence-corrected chi connectivity index (χ0v) is 18.2. The van der Waals surface area contributed by atoms with Gasteiger partial charge >= 0.3 is 5.97 Å². The van der Waals surface area contributed by atoms with E-state index in [1.165, 1.54) is 6.07 Å². The molecular formula is C23H19Cl2NO5. The Hall–Kier alpha value is -3.22. The van der Waals surface area contributed by atoms with Gasteiger partial charge in [-0.25, -0.2) is 0 Å². The highest BCUT2D eigenvalue weighted by Crippen LogP contribution is 2.39. The molecule has 160 valence electrons. The molecule has 3 rings (SSSR count). The number of carboxylic acid groups (broad SMARTS) is 1. The third kappa shape index (κ3) is 5.48. The number of hydrogen-bond donors (Lipinski definition) is 3. The van der Waals surface area contributed by atoms with Crippen molar-refractivity contribution in [2.75, 3.05) is 5.32 Å². The van der Waals surface area contributed by atoms with Crippen molar-refractivity contribution in [3.63, 3.8) is 0 Å². The van der Waals surface area contributed by atoms with Crippen LogP contribution in [0.25, 0.3) is 11.1 Å². The summed E-state index contributed by atoms with van der Waals surface area (Å²) >= 11 is 12.2. The summed E-state index contributed by atoms with van der Waals surface area (Å²) < 4.78 is 6.06. The van der Waals surface area contributed by atoms with Gasteiger partial charge in [-0.1, -0.05) is 29.3 Å². The standard InChI is InChI=1S/C23H19Cl2NO5/c1-12-7-15(26-21(28)11-22(29)30)8-13(2)23(12)31-16-4-6-20(27)18(10-16)17-5-3-14(24)9-19(17)25/h3-10,27H,11H2,1-2H3,(H,26,28)(H,29,30). The smallest absolute Gasteiger partial charge is 0.312 e. The number of benzene rings is 3. The first kappa shape index (κ1) is 22.5. The molecular weight excluding hydrogens is 441 g/mol. The minimum Gasteiger partial charge on any atom is -0.507 e. The molecule has 3 aromatic rings. The number of rotatable bonds is 6. The molecule has 6 nitrogen and oxygen atoms in total. The number of aromatic hydroxyl groups is 1. The molecule has 0 aliphatic carbocycles. The van der Waals surface area contributed by atoms with E-state index >= 15 is 0 Å². The third-order valence-electron chi connectivity index (χ3n) is 4.47. The van der Waals surface area contributed by atoms with Gasteiger partial charge in [-0.05, 0) is 67.4 Å². The number of aryl methyl sites for hydroxylation is 2. The van der Waals surface area contributed by atoms with Gasteiger partial charge in [0.2, 0.25) is 5.91 Å². The van der Waals surface area contributed by atoms with Gasteiger partial charge in [-0.2, -0.15) is 0 Å². The Labute approximate surface area is 189 Å². The molecule has 0 radical (unpaired) electrons. The van der Waals surface area contributed by atoms with Crippen LogP contribution in [0.15, 0.2) is 48.5 Å². The Morgan fingerprint density at radius 3 is 2.26 bits per heavy atom. The van der Waals surface area contributed by atoms with E-state index in [0.29, 0.717) is 38.4 Å². The topological polar surface area (TPSA) is 95.9 Å². The van der Waals surface area contributed by atoms with Gasteiger partial charge in [-0.3, -0.25) is 9.59 Å². The minimum atomic E-state index is -1.20. The highest BCUT2D eigenvalue weighted by molar-refractivity contribution is 6.36. The van der Waals surface area contributed by atoms with Crippen molar-refractivity contribution in [1.82, 2.24) is 0 Å². The van der Waals surface area contributed by atoms with Crippen LogP contribution in [-0.2, 0) is 9.59 Å². The summed E-state index contributed by atoms with van der Waals surface area (Å²) in [5.74, 6) is -0.706. The van der Waals surface area contributed by atoms with Gasteiger partial charge in [0.1, 0.15) is 23.7 Å². The second-order valence-electron chi connectivity index (χ2n) is 6.96. The zero-order valence-electron chi connectivity index (χ0n) is 16.7. The largest absolute Gasteiger partial charge is 0.507 e. The first-order valence-electron chi connectivity index (χ1n) is 9.23. The van der Waals surface area contributed by atoms with Crippen LogP contribution in [0.3, 0.4) is 0 Å². The van der Waals surface area contributed by atoms with Crippen LogP contribution in [0.5, 0.6) is 17.2 Å². The normalized spacial score (nSPS) is 10.6. The van der Waals surface area contributed by atoms with Crippen molar-refractivity contribution < 1.29 is 24.5 Å². The number of nitrogens with one attached hydrogen (secondary N) is 1. The number of carboxylic acids is 1. The maximum absolute atomic E-state index is 11.7. The van der Waals surface area contributed by atoms with Gasteiger partial charge in [-0.15, -0.1) is 0 Å². The first-order valence-corrected chi connectivity index (χ1v) is 9.99. The lowest BCUT2D eigenvalue weighted by molar-refractivity contribution is -0.139. The Morgan fingerprint density at radius 2 is 1.65 bits per heavy atom. The number of aliphatic carboxylic acids is 1. The van der Waals surface area contributed by atoms with E-state index in [4.69, 9.17) is 33.0 Å². The first-order chi connectivity index (χ1) is 14.6. The number of carbonyl (C=O) groups excluding carboxylic acids is 1. The summed E-state index contributed by atoms with van der Waals surface area (Å²) in [5, 5.41) is 22.5.